The predicted molar refractivity (Wildman–Crippen MR) is 118 cm³/mol. The van der Waals surface area contributed by atoms with E-state index in [-0.39, 0.29) is 24.8 Å². The third-order valence-electron chi connectivity index (χ3n) is 4.79. The highest BCUT2D eigenvalue weighted by molar-refractivity contribution is 6.00. The van der Waals surface area contributed by atoms with Gasteiger partial charge in [0.1, 0.15) is 5.60 Å². The zero-order valence-corrected chi connectivity index (χ0v) is 18.3. The number of carbonyl (C=O) groups excluding carboxylic acids is 3. The van der Waals surface area contributed by atoms with Crippen molar-refractivity contribution in [3.05, 3.63) is 35.9 Å². The highest BCUT2D eigenvalue weighted by Crippen LogP contribution is 2.30. The summed E-state index contributed by atoms with van der Waals surface area (Å²) in [7, 11) is 0. The Morgan fingerprint density at radius 1 is 1.10 bits per heavy atom. The molecule has 3 N–H and O–H groups in total. The molecule has 1 aromatic carbocycles. The molecule has 1 aromatic rings. The molecule has 0 saturated heterocycles. The fraction of sp³-hybridized carbons (Fsp3) is 0.522. The summed E-state index contributed by atoms with van der Waals surface area (Å²) in [5.74, 6) is 0.103. The maximum Gasteiger partial charge on any atom is 0.407 e. The number of carbonyl (C=O) groups is 3. The van der Waals surface area contributed by atoms with Crippen LogP contribution in [0.3, 0.4) is 0 Å². The molecule has 1 saturated carbocycles. The van der Waals surface area contributed by atoms with E-state index in [4.69, 9.17) is 4.74 Å². The minimum atomic E-state index is -0.581. The molecule has 0 heterocycles. The van der Waals surface area contributed by atoms with Crippen molar-refractivity contribution >= 4 is 29.3 Å². The van der Waals surface area contributed by atoms with Crippen LogP contribution in [-0.2, 0) is 14.3 Å². The number of anilines is 2. The molecule has 0 atom stereocenters. The molecule has 1 fully saturated rings. The van der Waals surface area contributed by atoms with Gasteiger partial charge >= 0.3 is 6.09 Å². The second-order valence-electron chi connectivity index (χ2n) is 8.67. The summed E-state index contributed by atoms with van der Waals surface area (Å²) in [4.78, 5) is 36.0. The quantitative estimate of drug-likeness (QED) is 0.566. The summed E-state index contributed by atoms with van der Waals surface area (Å²) >= 11 is 0. The van der Waals surface area contributed by atoms with Crippen LogP contribution in [0, 0.1) is 5.92 Å². The van der Waals surface area contributed by atoms with E-state index in [2.05, 4.69) is 16.0 Å². The minimum Gasteiger partial charge on any atom is -0.444 e. The lowest BCUT2D eigenvalue weighted by Gasteiger charge is -2.19. The van der Waals surface area contributed by atoms with Crippen molar-refractivity contribution in [2.75, 3.05) is 17.2 Å². The Labute approximate surface area is 178 Å². The van der Waals surface area contributed by atoms with Crippen LogP contribution < -0.4 is 16.0 Å². The van der Waals surface area contributed by atoms with E-state index in [1.54, 1.807) is 51.1 Å². The van der Waals surface area contributed by atoms with E-state index < -0.39 is 11.7 Å². The summed E-state index contributed by atoms with van der Waals surface area (Å²) < 4.78 is 5.12. The molecule has 0 aromatic heterocycles. The van der Waals surface area contributed by atoms with Gasteiger partial charge in [0.25, 0.3) is 0 Å². The van der Waals surface area contributed by atoms with Gasteiger partial charge in [0.2, 0.25) is 11.8 Å². The van der Waals surface area contributed by atoms with Gasteiger partial charge in [0.15, 0.2) is 0 Å². The van der Waals surface area contributed by atoms with Crippen LogP contribution in [-0.4, -0.2) is 30.1 Å². The number of allylic oxidation sites excluding steroid dienone is 1. The predicted octanol–water partition coefficient (Wildman–Crippen LogP) is 4.61. The molecule has 7 nitrogen and oxygen atoms in total. The van der Waals surface area contributed by atoms with Gasteiger partial charge in [0, 0.05) is 30.4 Å². The van der Waals surface area contributed by atoms with Crippen molar-refractivity contribution in [3.63, 3.8) is 0 Å². The molecule has 0 spiro atoms. The van der Waals surface area contributed by atoms with E-state index in [9.17, 15) is 14.4 Å². The fourth-order valence-corrected chi connectivity index (χ4v) is 3.37. The van der Waals surface area contributed by atoms with E-state index in [0.717, 1.165) is 18.4 Å². The number of rotatable bonds is 7. The summed E-state index contributed by atoms with van der Waals surface area (Å²) in [6.07, 6.45) is 5.99. The Kier molecular flexibility index (Phi) is 8.45. The molecule has 7 heteroatoms. The first-order valence-corrected chi connectivity index (χ1v) is 10.5. The van der Waals surface area contributed by atoms with Crippen LogP contribution in [0.15, 0.2) is 35.9 Å². The SMILES string of the molecule is C/C(=C\C(=O)Nc1cccc(NC(=O)CCNC(=O)OC(C)(C)C)c1)C1CCCC1. The normalized spacial score (nSPS) is 14.9. The van der Waals surface area contributed by atoms with Gasteiger partial charge in [-0.25, -0.2) is 4.79 Å². The second-order valence-corrected chi connectivity index (χ2v) is 8.67. The van der Waals surface area contributed by atoms with Crippen LogP contribution in [0.5, 0.6) is 0 Å². The third kappa shape index (κ3) is 8.68. The Bertz CT molecular complexity index is 790. The van der Waals surface area contributed by atoms with Crippen LogP contribution in [0.4, 0.5) is 16.2 Å². The molecule has 0 aliphatic heterocycles. The molecular formula is C23H33N3O4. The van der Waals surface area contributed by atoms with Crippen LogP contribution in [0.1, 0.15) is 59.8 Å². The first-order valence-electron chi connectivity index (χ1n) is 10.5. The van der Waals surface area contributed by atoms with Crippen LogP contribution in [0.25, 0.3) is 0 Å². The number of hydrogen-bond donors (Lipinski definition) is 3. The van der Waals surface area contributed by atoms with Crippen molar-refractivity contribution in [2.45, 2.75) is 65.4 Å². The molecule has 2 rings (SSSR count). The lowest BCUT2D eigenvalue weighted by Crippen LogP contribution is -2.34. The van der Waals surface area contributed by atoms with Crippen LogP contribution >= 0.6 is 0 Å². The Morgan fingerprint density at radius 2 is 1.73 bits per heavy atom. The second kappa shape index (κ2) is 10.8. The van der Waals surface area contributed by atoms with Gasteiger partial charge in [-0.05, 0) is 64.7 Å². The largest absolute Gasteiger partial charge is 0.444 e. The van der Waals surface area contributed by atoms with Crippen molar-refractivity contribution in [3.8, 4) is 0 Å². The summed E-state index contributed by atoms with van der Waals surface area (Å²) in [5, 5.41) is 8.16. The lowest BCUT2D eigenvalue weighted by molar-refractivity contribution is -0.116. The third-order valence-corrected chi connectivity index (χ3v) is 4.79. The monoisotopic (exact) mass is 415 g/mol. The van der Waals surface area contributed by atoms with Gasteiger partial charge in [-0.2, -0.15) is 0 Å². The van der Waals surface area contributed by atoms with Crippen molar-refractivity contribution in [1.82, 2.24) is 5.32 Å². The van der Waals surface area contributed by atoms with Crippen molar-refractivity contribution in [1.29, 1.82) is 0 Å². The molecule has 0 unspecified atom stereocenters. The Balaban J connectivity index is 1.80. The molecule has 0 bridgehead atoms. The Hall–Kier alpha value is -2.83. The van der Waals surface area contributed by atoms with E-state index in [1.165, 1.54) is 12.8 Å². The summed E-state index contributed by atoms with van der Waals surface area (Å²) in [6, 6.07) is 6.98. The molecule has 0 radical (unpaired) electrons. The van der Waals surface area contributed by atoms with Gasteiger partial charge < -0.3 is 20.7 Å². The number of hydrogen-bond acceptors (Lipinski definition) is 4. The first-order chi connectivity index (χ1) is 14.1. The zero-order chi connectivity index (χ0) is 22.1. The first kappa shape index (κ1) is 23.4. The van der Waals surface area contributed by atoms with E-state index in [1.807, 2.05) is 6.92 Å². The average molecular weight is 416 g/mol. The number of ether oxygens (including phenoxy) is 1. The maximum absolute atomic E-state index is 12.3. The highest BCUT2D eigenvalue weighted by Gasteiger charge is 2.17. The summed E-state index contributed by atoms with van der Waals surface area (Å²) in [5.41, 5.74) is 1.72. The van der Waals surface area contributed by atoms with Crippen molar-refractivity contribution < 1.29 is 19.1 Å². The fourth-order valence-electron chi connectivity index (χ4n) is 3.37. The molecule has 30 heavy (non-hydrogen) atoms. The van der Waals surface area contributed by atoms with Gasteiger partial charge in [-0.1, -0.05) is 24.5 Å². The number of nitrogens with one attached hydrogen (secondary N) is 3. The molecule has 1 aliphatic carbocycles. The number of amides is 3. The standard InChI is InChI=1S/C23H33N3O4/c1-16(17-8-5-6-9-17)14-21(28)26-19-11-7-10-18(15-19)25-20(27)12-13-24-22(29)30-23(2,3)4/h7,10-11,14-15,17H,5-6,8-9,12-13H2,1-4H3,(H,24,29)(H,25,27)(H,26,28)/b16-14+. The highest BCUT2D eigenvalue weighted by atomic mass is 16.6. The van der Waals surface area contributed by atoms with Crippen LogP contribution in [0.2, 0.25) is 0 Å². The molecule has 1 aliphatic rings. The van der Waals surface area contributed by atoms with Gasteiger partial charge in [0.05, 0.1) is 0 Å². The zero-order valence-electron chi connectivity index (χ0n) is 18.3. The molecular weight excluding hydrogens is 382 g/mol. The summed E-state index contributed by atoms with van der Waals surface area (Å²) in [6.45, 7) is 7.50. The van der Waals surface area contributed by atoms with Crippen molar-refractivity contribution in [2.24, 2.45) is 5.92 Å². The Morgan fingerprint density at radius 3 is 2.37 bits per heavy atom. The topological polar surface area (TPSA) is 96.5 Å². The molecule has 3 amide bonds. The molecule has 164 valence electrons. The smallest absolute Gasteiger partial charge is 0.407 e. The lowest BCUT2D eigenvalue weighted by atomic mass is 9.99. The average Bonchev–Trinajstić information content (AvgIpc) is 3.15. The van der Waals surface area contributed by atoms with E-state index in [0.29, 0.717) is 17.3 Å². The number of benzene rings is 1. The maximum atomic E-state index is 12.3. The van der Waals surface area contributed by atoms with E-state index >= 15 is 0 Å². The minimum absolute atomic E-state index is 0.110. The van der Waals surface area contributed by atoms with Gasteiger partial charge in [-0.3, -0.25) is 9.59 Å². The van der Waals surface area contributed by atoms with Gasteiger partial charge in [-0.15, -0.1) is 0 Å². The number of alkyl carbamates (subject to hydrolysis) is 1.